The van der Waals surface area contributed by atoms with Crippen molar-refractivity contribution in [2.45, 2.75) is 12.4 Å². The highest BCUT2D eigenvalue weighted by Gasteiger charge is 2.33. The van der Waals surface area contributed by atoms with E-state index in [1.54, 1.807) is 0 Å². The number of carbonyl (C=O) groups excluding carboxylic acids is 1. The van der Waals surface area contributed by atoms with E-state index in [0.717, 1.165) is 36.4 Å². The molecule has 2 aromatic rings. The number of rotatable bonds is 2. The molecular weight excluding hydrogens is 338 g/mol. The van der Waals surface area contributed by atoms with E-state index in [0.29, 0.717) is 17.0 Å². The average Bonchev–Trinajstić information content (AvgIpc) is 2.46. The second-order valence-electron chi connectivity index (χ2n) is 4.77. The normalized spacial score (nSPS) is 12.1. The number of hydrogen-bond donors (Lipinski definition) is 1. The van der Waals surface area contributed by atoms with Crippen molar-refractivity contribution in [2.24, 2.45) is 5.73 Å². The van der Waals surface area contributed by atoms with Crippen molar-refractivity contribution in [3.8, 4) is 0 Å². The van der Waals surface area contributed by atoms with Gasteiger partial charge in [0.05, 0.1) is 22.5 Å². The van der Waals surface area contributed by atoms with Gasteiger partial charge in [-0.05, 0) is 36.4 Å². The summed E-state index contributed by atoms with van der Waals surface area (Å²) in [5.41, 5.74) is 2.44. The Morgan fingerprint density at radius 3 is 1.46 bits per heavy atom. The van der Waals surface area contributed by atoms with Gasteiger partial charge in [0.1, 0.15) is 0 Å². The predicted octanol–water partition coefficient (Wildman–Crippen LogP) is 4.94. The highest BCUT2D eigenvalue weighted by atomic mass is 19.4. The maximum absolute atomic E-state index is 12.8. The van der Waals surface area contributed by atoms with Crippen LogP contribution in [-0.4, -0.2) is 6.03 Å². The minimum absolute atomic E-state index is 0.295. The molecule has 0 aliphatic rings. The Labute approximate surface area is 132 Å². The van der Waals surface area contributed by atoms with E-state index >= 15 is 0 Å². The van der Waals surface area contributed by atoms with E-state index in [9.17, 15) is 31.1 Å². The van der Waals surface area contributed by atoms with Crippen molar-refractivity contribution in [3.63, 3.8) is 0 Å². The van der Waals surface area contributed by atoms with Crippen molar-refractivity contribution < 1.29 is 31.1 Å². The van der Waals surface area contributed by atoms with Gasteiger partial charge in [-0.3, -0.25) is 4.90 Å². The highest BCUT2D eigenvalue weighted by Crippen LogP contribution is 2.36. The van der Waals surface area contributed by atoms with Gasteiger partial charge in [0.15, 0.2) is 0 Å². The number of urea groups is 1. The summed E-state index contributed by atoms with van der Waals surface area (Å²) in [6.45, 7) is 0. The number of primary amides is 1. The number of nitrogens with zero attached hydrogens (tertiary/aromatic N) is 1. The van der Waals surface area contributed by atoms with Crippen LogP contribution in [0.5, 0.6) is 0 Å². The first-order valence-electron chi connectivity index (χ1n) is 6.44. The summed E-state index contributed by atoms with van der Waals surface area (Å²) in [4.78, 5) is 12.2. The highest BCUT2D eigenvalue weighted by molar-refractivity contribution is 5.98. The molecule has 0 aromatic heterocycles. The molecule has 0 saturated carbocycles. The molecule has 2 N–H and O–H groups in total. The topological polar surface area (TPSA) is 46.3 Å². The van der Waals surface area contributed by atoms with Crippen LogP contribution in [0.4, 0.5) is 42.5 Å². The zero-order chi connectivity index (χ0) is 18.1. The van der Waals surface area contributed by atoms with Crippen LogP contribution in [-0.2, 0) is 12.4 Å². The van der Waals surface area contributed by atoms with Crippen LogP contribution in [0, 0.1) is 0 Å². The number of alkyl halides is 6. The van der Waals surface area contributed by atoms with Gasteiger partial charge < -0.3 is 5.73 Å². The van der Waals surface area contributed by atoms with E-state index in [2.05, 4.69) is 0 Å². The fourth-order valence-electron chi connectivity index (χ4n) is 2.05. The van der Waals surface area contributed by atoms with Gasteiger partial charge in [-0.15, -0.1) is 0 Å². The van der Waals surface area contributed by atoms with Gasteiger partial charge in [0, 0.05) is 0 Å². The lowest BCUT2D eigenvalue weighted by Gasteiger charge is -2.22. The van der Waals surface area contributed by atoms with Gasteiger partial charge >= 0.3 is 18.4 Å². The Bertz CT molecular complexity index is 697. The van der Waals surface area contributed by atoms with Crippen LogP contribution in [0.2, 0.25) is 0 Å². The number of hydrogen-bond acceptors (Lipinski definition) is 1. The molecule has 2 amide bonds. The number of halogens is 6. The molecule has 0 aliphatic carbocycles. The third-order valence-electron chi connectivity index (χ3n) is 3.08. The summed E-state index contributed by atoms with van der Waals surface area (Å²) in [7, 11) is 0. The fourth-order valence-corrected chi connectivity index (χ4v) is 2.05. The molecule has 0 aliphatic heterocycles. The molecule has 128 valence electrons. The first-order valence-corrected chi connectivity index (χ1v) is 6.44. The number of amides is 2. The first kappa shape index (κ1) is 17.6. The quantitative estimate of drug-likeness (QED) is 0.768. The molecule has 3 nitrogen and oxygen atoms in total. The van der Waals surface area contributed by atoms with E-state index in [1.807, 2.05) is 0 Å². The maximum Gasteiger partial charge on any atom is 0.416 e. The van der Waals surface area contributed by atoms with Crippen LogP contribution >= 0.6 is 0 Å². The van der Waals surface area contributed by atoms with Crippen molar-refractivity contribution in [1.29, 1.82) is 0 Å². The smallest absolute Gasteiger partial charge is 0.351 e. The maximum atomic E-state index is 12.8. The Hall–Kier alpha value is -2.71. The predicted molar refractivity (Wildman–Crippen MR) is 74.6 cm³/mol. The first-order chi connectivity index (χ1) is 11.0. The zero-order valence-corrected chi connectivity index (χ0v) is 11.8. The lowest BCUT2D eigenvalue weighted by molar-refractivity contribution is -0.138. The number of anilines is 2. The van der Waals surface area contributed by atoms with Crippen LogP contribution in [0.15, 0.2) is 48.5 Å². The molecule has 0 spiro atoms. The molecule has 0 bridgehead atoms. The standard InChI is InChI=1S/C15H10F6N2O/c16-14(17,18)9-3-1-5-11(7-9)23(13(22)24)12-6-2-4-10(8-12)15(19,20)21/h1-8H,(H2,22,24). The van der Waals surface area contributed by atoms with E-state index < -0.39 is 29.5 Å². The average molecular weight is 348 g/mol. The molecule has 0 unspecified atom stereocenters. The molecule has 0 heterocycles. The Kier molecular flexibility index (Phi) is 4.46. The molecule has 0 atom stereocenters. The van der Waals surface area contributed by atoms with E-state index in [-0.39, 0.29) is 11.4 Å². The van der Waals surface area contributed by atoms with Gasteiger partial charge in [-0.1, -0.05) is 12.1 Å². The summed E-state index contributed by atoms with van der Waals surface area (Å²) >= 11 is 0. The molecule has 9 heteroatoms. The van der Waals surface area contributed by atoms with Crippen LogP contribution in [0.1, 0.15) is 11.1 Å². The summed E-state index contributed by atoms with van der Waals surface area (Å²) in [5, 5.41) is 0. The molecule has 2 rings (SSSR count). The van der Waals surface area contributed by atoms with Crippen molar-refractivity contribution in [2.75, 3.05) is 4.90 Å². The Balaban J connectivity index is 2.54. The molecule has 0 saturated heterocycles. The number of benzene rings is 2. The Morgan fingerprint density at radius 2 is 1.17 bits per heavy atom. The number of nitrogens with two attached hydrogens (primary N) is 1. The molecule has 2 aromatic carbocycles. The third-order valence-corrected chi connectivity index (χ3v) is 3.08. The zero-order valence-electron chi connectivity index (χ0n) is 11.8. The second kappa shape index (κ2) is 6.06. The summed E-state index contributed by atoms with van der Waals surface area (Å²) < 4.78 is 76.6. The molecule has 0 radical (unpaired) electrons. The lowest BCUT2D eigenvalue weighted by Crippen LogP contribution is -2.31. The minimum Gasteiger partial charge on any atom is -0.351 e. The summed E-state index contributed by atoms with van der Waals surface area (Å²) in [6, 6.07) is 5.93. The summed E-state index contributed by atoms with van der Waals surface area (Å²) in [5.74, 6) is 0. The van der Waals surface area contributed by atoms with E-state index in [1.165, 1.54) is 0 Å². The van der Waals surface area contributed by atoms with Crippen LogP contribution < -0.4 is 10.6 Å². The molecule has 0 fully saturated rings. The monoisotopic (exact) mass is 348 g/mol. The lowest BCUT2D eigenvalue weighted by atomic mass is 10.1. The van der Waals surface area contributed by atoms with Crippen LogP contribution in [0.25, 0.3) is 0 Å². The van der Waals surface area contributed by atoms with Gasteiger partial charge in [0.2, 0.25) is 0 Å². The Morgan fingerprint density at radius 1 is 0.792 bits per heavy atom. The summed E-state index contributed by atoms with van der Waals surface area (Å²) in [6.07, 6.45) is -9.35. The van der Waals surface area contributed by atoms with E-state index in [4.69, 9.17) is 5.73 Å². The SMILES string of the molecule is NC(=O)N(c1cccc(C(F)(F)F)c1)c1cccc(C(F)(F)F)c1. The minimum atomic E-state index is -4.67. The van der Waals surface area contributed by atoms with Gasteiger partial charge in [-0.2, -0.15) is 26.3 Å². The molecular formula is C15H10F6N2O. The van der Waals surface area contributed by atoms with Crippen molar-refractivity contribution in [1.82, 2.24) is 0 Å². The fraction of sp³-hybridized carbons (Fsp3) is 0.133. The largest absolute Gasteiger partial charge is 0.416 e. The van der Waals surface area contributed by atoms with Crippen molar-refractivity contribution in [3.05, 3.63) is 59.7 Å². The van der Waals surface area contributed by atoms with Crippen LogP contribution in [0.3, 0.4) is 0 Å². The third kappa shape index (κ3) is 3.79. The number of carbonyl (C=O) groups is 1. The van der Waals surface area contributed by atoms with Crippen molar-refractivity contribution >= 4 is 17.4 Å². The van der Waals surface area contributed by atoms with Gasteiger partial charge in [-0.25, -0.2) is 4.79 Å². The second-order valence-corrected chi connectivity index (χ2v) is 4.77. The van der Waals surface area contributed by atoms with Gasteiger partial charge in [0.25, 0.3) is 0 Å². The molecule has 24 heavy (non-hydrogen) atoms.